The number of aromatic nitrogens is 2. The summed E-state index contributed by atoms with van der Waals surface area (Å²) in [6.45, 7) is 0. The zero-order valence-corrected chi connectivity index (χ0v) is 9.58. The fourth-order valence-electron chi connectivity index (χ4n) is 1.43. The van der Waals surface area contributed by atoms with Gasteiger partial charge < -0.3 is 19.6 Å². The number of hydrogen-bond acceptors (Lipinski definition) is 6. The van der Waals surface area contributed by atoms with Crippen LogP contribution in [0.3, 0.4) is 0 Å². The van der Waals surface area contributed by atoms with Gasteiger partial charge >= 0.3 is 0 Å². The van der Waals surface area contributed by atoms with E-state index in [9.17, 15) is 0 Å². The Balaban J connectivity index is 2.38. The van der Waals surface area contributed by atoms with Crippen molar-refractivity contribution in [2.45, 2.75) is 6.04 Å². The highest BCUT2D eigenvalue weighted by Crippen LogP contribution is 2.26. The molecule has 90 valence electrons. The molecule has 2 aromatic heterocycles. The Labute approximate surface area is 98.4 Å². The summed E-state index contributed by atoms with van der Waals surface area (Å²) < 4.78 is 15.3. The van der Waals surface area contributed by atoms with E-state index in [0.29, 0.717) is 23.2 Å². The van der Waals surface area contributed by atoms with Crippen LogP contribution in [0.5, 0.6) is 11.8 Å². The molecule has 0 spiro atoms. The van der Waals surface area contributed by atoms with E-state index in [0.717, 1.165) is 0 Å². The number of nitrogens with zero attached hydrogens (tertiary/aromatic N) is 2. The molecule has 0 aliphatic carbocycles. The number of rotatable bonds is 4. The maximum absolute atomic E-state index is 6.01. The minimum Gasteiger partial charge on any atom is -0.480 e. The molecule has 2 aromatic rings. The van der Waals surface area contributed by atoms with Crippen LogP contribution in [0.1, 0.15) is 17.5 Å². The molecule has 1 unspecified atom stereocenters. The van der Waals surface area contributed by atoms with Crippen LogP contribution < -0.4 is 15.2 Å². The Bertz CT molecular complexity index is 485. The third-order valence-corrected chi connectivity index (χ3v) is 2.29. The van der Waals surface area contributed by atoms with E-state index >= 15 is 0 Å². The number of furan rings is 1. The third-order valence-electron chi connectivity index (χ3n) is 2.29. The van der Waals surface area contributed by atoms with Crippen LogP contribution in [-0.4, -0.2) is 24.2 Å². The molecule has 2 heterocycles. The molecule has 1 atom stereocenters. The Kier molecular flexibility index (Phi) is 3.24. The van der Waals surface area contributed by atoms with Gasteiger partial charge in [0.05, 0.1) is 26.7 Å². The second-order valence-corrected chi connectivity index (χ2v) is 3.30. The monoisotopic (exact) mass is 235 g/mol. The first-order chi connectivity index (χ1) is 8.26. The molecule has 0 radical (unpaired) electrons. The number of ether oxygens (including phenoxy) is 2. The van der Waals surface area contributed by atoms with Crippen LogP contribution in [0.2, 0.25) is 0 Å². The topological polar surface area (TPSA) is 83.4 Å². The molecule has 2 rings (SSSR count). The summed E-state index contributed by atoms with van der Waals surface area (Å²) in [5.74, 6) is 1.30. The lowest BCUT2D eigenvalue weighted by molar-refractivity contribution is 0.352. The van der Waals surface area contributed by atoms with E-state index in [4.69, 9.17) is 19.6 Å². The Morgan fingerprint density at radius 3 is 2.76 bits per heavy atom. The van der Waals surface area contributed by atoms with Crippen LogP contribution in [0, 0.1) is 0 Å². The highest BCUT2D eigenvalue weighted by Gasteiger charge is 2.19. The fraction of sp³-hybridized carbons (Fsp3) is 0.273. The molecule has 0 aliphatic rings. The van der Waals surface area contributed by atoms with Crippen molar-refractivity contribution in [2.24, 2.45) is 5.73 Å². The molecule has 6 nitrogen and oxygen atoms in total. The van der Waals surface area contributed by atoms with Gasteiger partial charge in [0.2, 0.25) is 11.8 Å². The summed E-state index contributed by atoms with van der Waals surface area (Å²) in [4.78, 5) is 8.29. The van der Waals surface area contributed by atoms with Gasteiger partial charge in [0.15, 0.2) is 0 Å². The predicted molar refractivity (Wildman–Crippen MR) is 59.9 cm³/mol. The van der Waals surface area contributed by atoms with Crippen LogP contribution in [-0.2, 0) is 0 Å². The molecule has 17 heavy (non-hydrogen) atoms. The van der Waals surface area contributed by atoms with Crippen LogP contribution in [0.15, 0.2) is 29.0 Å². The van der Waals surface area contributed by atoms with Crippen LogP contribution in [0.25, 0.3) is 0 Å². The van der Waals surface area contributed by atoms with Gasteiger partial charge in [-0.15, -0.1) is 0 Å². The normalized spacial score (nSPS) is 12.2. The summed E-state index contributed by atoms with van der Waals surface area (Å²) in [6.07, 6.45) is 3.04. The molecule has 6 heteroatoms. The summed E-state index contributed by atoms with van der Waals surface area (Å²) in [7, 11) is 3.01. The first-order valence-corrected chi connectivity index (χ1v) is 5.00. The van der Waals surface area contributed by atoms with E-state index in [1.165, 1.54) is 20.4 Å². The Morgan fingerprint density at radius 1 is 1.35 bits per heavy atom. The zero-order chi connectivity index (χ0) is 12.3. The number of hydrogen-bond donors (Lipinski definition) is 1. The quantitative estimate of drug-likeness (QED) is 0.855. The van der Waals surface area contributed by atoms with Gasteiger partial charge in [0, 0.05) is 0 Å². The molecular formula is C11H13N3O3. The summed E-state index contributed by atoms with van der Waals surface area (Å²) in [5.41, 5.74) is 6.51. The zero-order valence-electron chi connectivity index (χ0n) is 9.58. The second-order valence-electron chi connectivity index (χ2n) is 3.30. The van der Waals surface area contributed by atoms with E-state index < -0.39 is 6.04 Å². The van der Waals surface area contributed by atoms with Gasteiger partial charge in [-0.05, 0) is 12.1 Å². The largest absolute Gasteiger partial charge is 0.480 e. The van der Waals surface area contributed by atoms with Crippen LogP contribution >= 0.6 is 0 Å². The maximum atomic E-state index is 6.01. The van der Waals surface area contributed by atoms with Crippen molar-refractivity contribution in [2.75, 3.05) is 14.2 Å². The van der Waals surface area contributed by atoms with Crippen molar-refractivity contribution in [1.82, 2.24) is 9.97 Å². The lowest BCUT2D eigenvalue weighted by Gasteiger charge is -2.12. The van der Waals surface area contributed by atoms with Gasteiger partial charge in [-0.2, -0.15) is 4.98 Å². The molecule has 2 N–H and O–H groups in total. The predicted octanol–water partition coefficient (Wildman–Crippen LogP) is 1.13. The van der Waals surface area contributed by atoms with Crippen LogP contribution in [0.4, 0.5) is 0 Å². The maximum Gasteiger partial charge on any atom is 0.240 e. The minimum atomic E-state index is -0.515. The summed E-state index contributed by atoms with van der Waals surface area (Å²) in [6, 6.07) is 3.02. The summed E-state index contributed by atoms with van der Waals surface area (Å²) in [5, 5.41) is 0. The van der Waals surface area contributed by atoms with Gasteiger partial charge in [-0.25, -0.2) is 4.98 Å². The lowest BCUT2D eigenvalue weighted by atomic mass is 10.1. The average molecular weight is 235 g/mol. The van der Waals surface area contributed by atoms with Crippen molar-refractivity contribution >= 4 is 0 Å². The van der Waals surface area contributed by atoms with Gasteiger partial charge in [0.1, 0.15) is 17.5 Å². The molecule has 0 aromatic carbocycles. The highest BCUT2D eigenvalue weighted by molar-refractivity contribution is 5.30. The van der Waals surface area contributed by atoms with E-state index in [2.05, 4.69) is 9.97 Å². The summed E-state index contributed by atoms with van der Waals surface area (Å²) >= 11 is 0. The van der Waals surface area contributed by atoms with Crippen molar-refractivity contribution in [3.63, 3.8) is 0 Å². The standard InChI is InChI=1S/C11H13N3O3/c1-15-8-6-13-10(11(14-8)16-2)9(12)7-4-3-5-17-7/h3-6,9H,12H2,1-2H3. The molecule has 0 saturated heterocycles. The number of nitrogens with two attached hydrogens (primary N) is 1. The van der Waals surface area contributed by atoms with E-state index in [1.807, 2.05) is 0 Å². The van der Waals surface area contributed by atoms with E-state index in [-0.39, 0.29) is 0 Å². The molecule has 0 amide bonds. The molecular weight excluding hydrogens is 222 g/mol. The minimum absolute atomic E-state index is 0.327. The molecule has 0 saturated carbocycles. The smallest absolute Gasteiger partial charge is 0.240 e. The molecule has 0 aliphatic heterocycles. The van der Waals surface area contributed by atoms with Gasteiger partial charge in [0.25, 0.3) is 0 Å². The van der Waals surface area contributed by atoms with Crippen molar-refractivity contribution in [3.05, 3.63) is 36.0 Å². The third kappa shape index (κ3) is 2.21. The Morgan fingerprint density at radius 2 is 2.18 bits per heavy atom. The number of methoxy groups -OCH3 is 2. The lowest BCUT2D eigenvalue weighted by Crippen LogP contribution is -2.15. The fourth-order valence-corrected chi connectivity index (χ4v) is 1.43. The van der Waals surface area contributed by atoms with Crippen molar-refractivity contribution in [1.29, 1.82) is 0 Å². The second kappa shape index (κ2) is 4.84. The first-order valence-electron chi connectivity index (χ1n) is 5.00. The average Bonchev–Trinajstić information content (AvgIpc) is 2.91. The van der Waals surface area contributed by atoms with Crippen molar-refractivity contribution < 1.29 is 13.9 Å². The highest BCUT2D eigenvalue weighted by atomic mass is 16.5. The van der Waals surface area contributed by atoms with Gasteiger partial charge in [-0.3, -0.25) is 0 Å². The van der Waals surface area contributed by atoms with E-state index in [1.54, 1.807) is 18.4 Å². The van der Waals surface area contributed by atoms with Gasteiger partial charge in [-0.1, -0.05) is 0 Å². The first kappa shape index (κ1) is 11.4. The van der Waals surface area contributed by atoms with Crippen molar-refractivity contribution in [3.8, 4) is 11.8 Å². The SMILES string of the molecule is COc1cnc(C(N)c2ccco2)c(OC)n1. The molecule has 0 bridgehead atoms. The molecule has 0 fully saturated rings. The Hall–Kier alpha value is -2.08.